The Kier molecular flexibility index (Phi) is 5.19. The average Bonchev–Trinajstić information content (AvgIpc) is 2.17. The SMILES string of the molecule is CNCC(O)COc1c(Cl)cccc1Cl. The first-order valence-electron chi connectivity index (χ1n) is 4.54. The van der Waals surface area contributed by atoms with E-state index in [1.54, 1.807) is 25.2 Å². The van der Waals surface area contributed by atoms with Crippen LogP contribution in [0.25, 0.3) is 0 Å². The second-order valence-corrected chi connectivity index (χ2v) is 3.89. The Balaban J connectivity index is 2.57. The van der Waals surface area contributed by atoms with Crippen LogP contribution >= 0.6 is 23.2 Å². The highest BCUT2D eigenvalue weighted by Gasteiger charge is 2.09. The van der Waals surface area contributed by atoms with Crippen molar-refractivity contribution in [2.24, 2.45) is 0 Å². The molecule has 0 aromatic heterocycles. The molecule has 1 aromatic carbocycles. The lowest BCUT2D eigenvalue weighted by molar-refractivity contribution is 0.108. The number of ether oxygens (including phenoxy) is 1. The fraction of sp³-hybridized carbons (Fsp3) is 0.400. The summed E-state index contributed by atoms with van der Waals surface area (Å²) in [5.74, 6) is 0.413. The van der Waals surface area contributed by atoms with Crippen LogP contribution in [0.4, 0.5) is 0 Å². The minimum absolute atomic E-state index is 0.157. The molecule has 0 fully saturated rings. The van der Waals surface area contributed by atoms with Gasteiger partial charge in [0.25, 0.3) is 0 Å². The van der Waals surface area contributed by atoms with E-state index < -0.39 is 6.10 Å². The van der Waals surface area contributed by atoms with Gasteiger partial charge in [0.15, 0.2) is 5.75 Å². The van der Waals surface area contributed by atoms with Crippen LogP contribution in [0.5, 0.6) is 5.75 Å². The molecule has 1 rings (SSSR count). The van der Waals surface area contributed by atoms with Gasteiger partial charge in [-0.25, -0.2) is 0 Å². The minimum Gasteiger partial charge on any atom is -0.488 e. The Morgan fingerprint density at radius 1 is 1.40 bits per heavy atom. The average molecular weight is 250 g/mol. The van der Waals surface area contributed by atoms with Crippen molar-refractivity contribution in [1.82, 2.24) is 5.32 Å². The first kappa shape index (κ1) is 12.6. The Morgan fingerprint density at radius 2 is 2.00 bits per heavy atom. The zero-order valence-corrected chi connectivity index (χ0v) is 9.85. The number of halogens is 2. The Labute approximate surface area is 99.0 Å². The van der Waals surface area contributed by atoms with Gasteiger partial charge in [-0.05, 0) is 19.2 Å². The molecule has 0 radical (unpaired) electrons. The summed E-state index contributed by atoms with van der Waals surface area (Å²) in [6, 6.07) is 5.11. The lowest BCUT2D eigenvalue weighted by Gasteiger charge is -2.13. The number of hydrogen-bond donors (Lipinski definition) is 2. The molecule has 5 heteroatoms. The summed E-state index contributed by atoms with van der Waals surface area (Å²) in [4.78, 5) is 0. The van der Waals surface area contributed by atoms with Gasteiger partial charge in [0.05, 0.1) is 10.0 Å². The third-order valence-corrected chi connectivity index (χ3v) is 2.37. The molecule has 15 heavy (non-hydrogen) atoms. The number of rotatable bonds is 5. The van der Waals surface area contributed by atoms with Crippen LogP contribution in [0.15, 0.2) is 18.2 Å². The highest BCUT2D eigenvalue weighted by atomic mass is 35.5. The second-order valence-electron chi connectivity index (χ2n) is 3.07. The lowest BCUT2D eigenvalue weighted by atomic mass is 10.3. The maximum Gasteiger partial charge on any atom is 0.156 e. The van der Waals surface area contributed by atoms with E-state index in [0.29, 0.717) is 22.3 Å². The van der Waals surface area contributed by atoms with Gasteiger partial charge in [-0.1, -0.05) is 29.3 Å². The molecule has 3 nitrogen and oxygen atoms in total. The van der Waals surface area contributed by atoms with Crippen molar-refractivity contribution < 1.29 is 9.84 Å². The van der Waals surface area contributed by atoms with Crippen LogP contribution in [-0.4, -0.2) is 31.4 Å². The third-order valence-electron chi connectivity index (χ3n) is 1.78. The predicted octanol–water partition coefficient (Wildman–Crippen LogP) is 1.95. The highest BCUT2D eigenvalue weighted by molar-refractivity contribution is 6.37. The molecule has 84 valence electrons. The van der Waals surface area contributed by atoms with E-state index in [0.717, 1.165) is 0 Å². The Morgan fingerprint density at radius 3 is 2.53 bits per heavy atom. The van der Waals surface area contributed by atoms with E-state index in [4.69, 9.17) is 27.9 Å². The molecule has 0 saturated heterocycles. The smallest absolute Gasteiger partial charge is 0.156 e. The quantitative estimate of drug-likeness (QED) is 0.839. The normalized spacial score (nSPS) is 12.5. The molecule has 0 aliphatic carbocycles. The number of aliphatic hydroxyl groups excluding tert-OH is 1. The highest BCUT2D eigenvalue weighted by Crippen LogP contribution is 2.32. The maximum atomic E-state index is 9.42. The van der Waals surface area contributed by atoms with E-state index in [2.05, 4.69) is 5.32 Å². The first-order chi connectivity index (χ1) is 7.15. The molecule has 2 N–H and O–H groups in total. The number of nitrogens with one attached hydrogen (secondary N) is 1. The fourth-order valence-corrected chi connectivity index (χ4v) is 1.60. The predicted molar refractivity (Wildman–Crippen MR) is 61.9 cm³/mol. The molecule has 0 amide bonds. The van der Waals surface area contributed by atoms with Gasteiger partial charge in [0.2, 0.25) is 0 Å². The summed E-state index contributed by atoms with van der Waals surface area (Å²) in [6.07, 6.45) is -0.581. The van der Waals surface area contributed by atoms with E-state index in [1.807, 2.05) is 0 Å². The first-order valence-corrected chi connectivity index (χ1v) is 5.30. The number of hydrogen-bond acceptors (Lipinski definition) is 3. The van der Waals surface area contributed by atoms with Crippen LogP contribution in [0.2, 0.25) is 10.0 Å². The van der Waals surface area contributed by atoms with Gasteiger partial charge < -0.3 is 15.2 Å². The topological polar surface area (TPSA) is 41.5 Å². The molecule has 0 aliphatic rings. The van der Waals surface area contributed by atoms with Crippen molar-refractivity contribution in [3.63, 3.8) is 0 Å². The largest absolute Gasteiger partial charge is 0.488 e. The Bertz CT molecular complexity index is 300. The van der Waals surface area contributed by atoms with Crippen LogP contribution < -0.4 is 10.1 Å². The summed E-state index contributed by atoms with van der Waals surface area (Å²) in [7, 11) is 1.76. The van der Waals surface area contributed by atoms with Crippen molar-refractivity contribution in [1.29, 1.82) is 0 Å². The van der Waals surface area contributed by atoms with Crippen molar-refractivity contribution in [2.75, 3.05) is 20.2 Å². The molecule has 0 aliphatic heterocycles. The standard InChI is InChI=1S/C10H13Cl2NO2/c1-13-5-7(14)6-15-10-8(11)3-2-4-9(10)12/h2-4,7,13-14H,5-6H2,1H3. The minimum atomic E-state index is -0.581. The molecule has 0 heterocycles. The number of likely N-dealkylation sites (N-methyl/N-ethyl adjacent to an activating group) is 1. The molecule has 1 unspecified atom stereocenters. The molecular weight excluding hydrogens is 237 g/mol. The molecular formula is C10H13Cl2NO2. The van der Waals surface area contributed by atoms with Crippen molar-refractivity contribution >= 4 is 23.2 Å². The zero-order valence-electron chi connectivity index (χ0n) is 8.34. The van der Waals surface area contributed by atoms with Gasteiger partial charge >= 0.3 is 0 Å². The van der Waals surface area contributed by atoms with E-state index in [9.17, 15) is 5.11 Å². The molecule has 0 saturated carbocycles. The summed E-state index contributed by atoms with van der Waals surface area (Å²) in [5, 5.41) is 13.1. The summed E-state index contributed by atoms with van der Waals surface area (Å²) < 4.78 is 5.33. The third kappa shape index (κ3) is 3.87. The molecule has 1 atom stereocenters. The van der Waals surface area contributed by atoms with Crippen molar-refractivity contribution in [3.05, 3.63) is 28.2 Å². The number of benzene rings is 1. The lowest BCUT2D eigenvalue weighted by Crippen LogP contribution is -2.29. The van der Waals surface area contributed by atoms with Crippen molar-refractivity contribution in [2.45, 2.75) is 6.10 Å². The molecule has 0 spiro atoms. The molecule has 1 aromatic rings. The van der Waals surface area contributed by atoms with Crippen LogP contribution in [-0.2, 0) is 0 Å². The Hall–Kier alpha value is -0.480. The van der Waals surface area contributed by atoms with Crippen molar-refractivity contribution in [3.8, 4) is 5.75 Å². The second kappa shape index (κ2) is 6.18. The molecule has 0 bridgehead atoms. The summed E-state index contributed by atoms with van der Waals surface area (Å²) >= 11 is 11.8. The van der Waals surface area contributed by atoms with Gasteiger partial charge in [-0.15, -0.1) is 0 Å². The summed E-state index contributed by atoms with van der Waals surface area (Å²) in [5.41, 5.74) is 0. The number of aliphatic hydroxyl groups is 1. The van der Waals surface area contributed by atoms with Crippen LogP contribution in [0.1, 0.15) is 0 Å². The van der Waals surface area contributed by atoms with E-state index >= 15 is 0 Å². The van der Waals surface area contributed by atoms with E-state index in [1.165, 1.54) is 0 Å². The van der Waals surface area contributed by atoms with Gasteiger partial charge in [0.1, 0.15) is 12.7 Å². The van der Waals surface area contributed by atoms with Gasteiger partial charge in [-0.3, -0.25) is 0 Å². The van der Waals surface area contributed by atoms with Gasteiger partial charge in [0, 0.05) is 6.54 Å². The van der Waals surface area contributed by atoms with Crippen LogP contribution in [0, 0.1) is 0 Å². The maximum absolute atomic E-state index is 9.42. The fourth-order valence-electron chi connectivity index (χ4n) is 1.09. The van der Waals surface area contributed by atoms with Gasteiger partial charge in [-0.2, -0.15) is 0 Å². The zero-order chi connectivity index (χ0) is 11.3. The summed E-state index contributed by atoms with van der Waals surface area (Å²) in [6.45, 7) is 0.617. The monoisotopic (exact) mass is 249 g/mol. The van der Waals surface area contributed by atoms with E-state index in [-0.39, 0.29) is 6.61 Å². The van der Waals surface area contributed by atoms with Crippen LogP contribution in [0.3, 0.4) is 0 Å². The number of para-hydroxylation sites is 1.